The van der Waals surface area contributed by atoms with Crippen molar-refractivity contribution in [3.8, 4) is 0 Å². The van der Waals surface area contributed by atoms with Crippen LogP contribution in [0.25, 0.3) is 0 Å². The minimum Gasteiger partial charge on any atom is -0.394 e. The number of carbonyl (C=O) groups excluding carboxylic acids is 8. The highest BCUT2D eigenvalue weighted by Gasteiger charge is 2.38. The number of amides is 10. The van der Waals surface area contributed by atoms with Crippen LogP contribution in [0.1, 0.15) is 31.2 Å². The first kappa shape index (κ1) is 48.4. The molecular weight excluding hydrogens is 837 g/mol. The number of aliphatic hydroxyl groups excluding tert-OH is 2. The minimum absolute atomic E-state index is 0.0162. The number of urea groups is 2. The second kappa shape index (κ2) is 23.6. The number of nitrogens with two attached hydrogens (primary N) is 4. The van der Waals surface area contributed by atoms with E-state index in [9.17, 15) is 48.6 Å². The molecule has 0 aromatic heterocycles. The second-order valence-electron chi connectivity index (χ2n) is 13.3. The van der Waals surface area contributed by atoms with Crippen LogP contribution in [0.15, 0.2) is 35.1 Å². The van der Waals surface area contributed by atoms with E-state index in [0.29, 0.717) is 36.2 Å². The van der Waals surface area contributed by atoms with Crippen LogP contribution in [0.5, 0.6) is 0 Å². The van der Waals surface area contributed by atoms with Crippen molar-refractivity contribution in [1.82, 2.24) is 53.2 Å². The monoisotopic (exact) mass is 885 g/mol. The van der Waals surface area contributed by atoms with Gasteiger partial charge in [0.15, 0.2) is 5.96 Å². The number of primary amides is 1. The SMILES string of the molecule is NCCC[C@H](N)CC(=O)NC1CNC(=O)[C@@H](C2CC(NC(=O)NCc3ccc(Cl)c(Cl)c3)N=C(N)N2)NC(=O)/C(=C/NC(N)=O)NC(=O)[C@@H](CO)NC(=O)[C@@H](CO)NC1=O. The van der Waals surface area contributed by atoms with Crippen LogP contribution in [0.3, 0.4) is 0 Å². The van der Waals surface area contributed by atoms with Gasteiger partial charge in [0.25, 0.3) is 5.91 Å². The molecule has 2 heterocycles. The lowest BCUT2D eigenvalue weighted by atomic mass is 10.00. The predicted molar refractivity (Wildman–Crippen MR) is 214 cm³/mol. The zero-order chi connectivity index (χ0) is 44.5. The lowest BCUT2D eigenvalue weighted by Crippen LogP contribution is -2.65. The maximum atomic E-state index is 14.1. The number of hydrogen-bond donors (Lipinski definition) is 16. The fraction of sp³-hybridized carbons (Fsp3) is 0.485. The van der Waals surface area contributed by atoms with Crippen LogP contribution in [-0.4, -0.2) is 132 Å². The Balaban J connectivity index is 1.98. The van der Waals surface area contributed by atoms with E-state index in [0.717, 1.165) is 0 Å². The summed E-state index contributed by atoms with van der Waals surface area (Å²) in [6.45, 7) is -2.47. The fourth-order valence-electron chi connectivity index (χ4n) is 5.61. The Morgan fingerprint density at radius 2 is 1.62 bits per heavy atom. The summed E-state index contributed by atoms with van der Waals surface area (Å²) in [6, 6.07) is -5.99. The fourth-order valence-corrected chi connectivity index (χ4v) is 5.93. The number of guanidine groups is 1. The van der Waals surface area contributed by atoms with E-state index in [-0.39, 0.29) is 30.4 Å². The summed E-state index contributed by atoms with van der Waals surface area (Å²) in [6.07, 6.45) is -0.0956. The Morgan fingerprint density at radius 1 is 0.933 bits per heavy atom. The van der Waals surface area contributed by atoms with Crippen LogP contribution in [0, 0.1) is 0 Å². The molecule has 60 heavy (non-hydrogen) atoms. The van der Waals surface area contributed by atoms with Crippen LogP contribution < -0.4 is 76.1 Å². The number of rotatable bonds is 13. The Kier molecular flexibility index (Phi) is 19.0. The first-order valence-electron chi connectivity index (χ1n) is 18.3. The summed E-state index contributed by atoms with van der Waals surface area (Å²) >= 11 is 12.0. The van der Waals surface area contributed by atoms with Crippen LogP contribution in [0.2, 0.25) is 10.0 Å². The van der Waals surface area contributed by atoms with E-state index in [1.54, 1.807) is 18.2 Å². The molecule has 330 valence electrons. The zero-order valence-electron chi connectivity index (χ0n) is 31.9. The summed E-state index contributed by atoms with van der Waals surface area (Å²) in [5.41, 5.74) is 22.6. The molecule has 3 unspecified atom stereocenters. The predicted octanol–water partition coefficient (Wildman–Crippen LogP) is -6.07. The van der Waals surface area contributed by atoms with Crippen LogP contribution in [0.4, 0.5) is 9.59 Å². The normalized spacial score (nSPS) is 24.2. The first-order chi connectivity index (χ1) is 28.4. The van der Waals surface area contributed by atoms with E-state index in [1.807, 2.05) is 5.32 Å². The summed E-state index contributed by atoms with van der Waals surface area (Å²) < 4.78 is 0. The van der Waals surface area contributed by atoms with Crippen molar-refractivity contribution < 1.29 is 48.6 Å². The third kappa shape index (κ3) is 15.3. The molecule has 10 amide bonds. The molecule has 1 fully saturated rings. The summed E-state index contributed by atoms with van der Waals surface area (Å²) in [5, 5.41) is 44.1. The molecule has 20 N–H and O–H groups in total. The standard InChI is InChI=1S/C33H49Cl2N15O10/c34-16-4-3-14(6-17(16)35)9-42-33(60)49-23-8-18(47-31(38)48-23)25-30(58)40-10-19(43-24(53)7-15(37)2-1-5-36)26(54)45-22(13-52)29(57)46-21(12-51)28(56)44-20(27(55)50-25)11-41-32(39)59/h3-4,6,11,15,18-19,21-23,25,51-52H,1-2,5,7-10,12-13,36-37H2,(H,40,58)(H,43,53)(H,44,56)(H,45,54)(H,46,57)(H,50,55)(H3,38,47,48)(H3,39,41,59)(H2,42,49,60)/b20-11-/t15-,18?,19?,21+,22+,23?,25+/m0/s1. The molecule has 0 aliphatic carbocycles. The van der Waals surface area contributed by atoms with E-state index in [1.165, 1.54) is 0 Å². The molecule has 3 rings (SSSR count). The van der Waals surface area contributed by atoms with Gasteiger partial charge in [-0.05, 0) is 37.1 Å². The highest BCUT2D eigenvalue weighted by atomic mass is 35.5. The molecule has 1 aromatic rings. The average molecular weight is 887 g/mol. The average Bonchev–Trinajstić information content (AvgIpc) is 3.19. The van der Waals surface area contributed by atoms with Gasteiger partial charge < -0.3 is 86.3 Å². The van der Waals surface area contributed by atoms with Gasteiger partial charge in [-0.15, -0.1) is 0 Å². The Labute approximate surface area is 352 Å². The zero-order valence-corrected chi connectivity index (χ0v) is 33.4. The topological polar surface area (TPSA) is 414 Å². The van der Waals surface area contributed by atoms with Gasteiger partial charge in [0.2, 0.25) is 29.5 Å². The molecule has 1 aromatic carbocycles. The molecule has 7 atom stereocenters. The number of carbonyl (C=O) groups is 8. The van der Waals surface area contributed by atoms with Gasteiger partial charge in [-0.25, -0.2) is 14.6 Å². The molecule has 2 aliphatic rings. The highest BCUT2D eigenvalue weighted by molar-refractivity contribution is 6.42. The first-order valence-corrected chi connectivity index (χ1v) is 19.0. The van der Waals surface area contributed by atoms with Crippen molar-refractivity contribution in [3.05, 3.63) is 45.7 Å². The van der Waals surface area contributed by atoms with E-state index in [4.69, 9.17) is 46.1 Å². The van der Waals surface area contributed by atoms with Gasteiger partial charge in [-0.1, -0.05) is 29.3 Å². The molecule has 0 saturated carbocycles. The summed E-state index contributed by atoms with van der Waals surface area (Å²) in [7, 11) is 0. The van der Waals surface area contributed by atoms with E-state index in [2.05, 4.69) is 52.8 Å². The van der Waals surface area contributed by atoms with Crippen LogP contribution >= 0.6 is 23.2 Å². The van der Waals surface area contributed by atoms with Gasteiger partial charge in [0.05, 0.1) is 29.3 Å². The quantitative estimate of drug-likeness (QED) is 0.0821. The Morgan fingerprint density at radius 3 is 2.27 bits per heavy atom. The number of halogens is 2. The van der Waals surface area contributed by atoms with Gasteiger partial charge in [-0.3, -0.25) is 28.8 Å². The maximum absolute atomic E-state index is 14.1. The number of aliphatic imine (C=N–C) groups is 1. The minimum atomic E-state index is -1.82. The van der Waals surface area contributed by atoms with Crippen molar-refractivity contribution in [2.45, 2.75) is 74.6 Å². The van der Waals surface area contributed by atoms with Crippen molar-refractivity contribution in [3.63, 3.8) is 0 Å². The van der Waals surface area contributed by atoms with Crippen molar-refractivity contribution in [2.24, 2.45) is 27.9 Å². The van der Waals surface area contributed by atoms with E-state index >= 15 is 0 Å². The number of aliphatic hydroxyl groups is 2. The number of benzene rings is 1. The molecule has 1 saturated heterocycles. The number of nitrogens with zero attached hydrogens (tertiary/aromatic N) is 1. The summed E-state index contributed by atoms with van der Waals surface area (Å²) in [5.74, 6) is -6.81. The molecular formula is C33H49Cl2N15O10. The maximum Gasteiger partial charge on any atom is 0.316 e. The molecule has 0 spiro atoms. The second-order valence-corrected chi connectivity index (χ2v) is 14.2. The highest BCUT2D eigenvalue weighted by Crippen LogP contribution is 2.22. The van der Waals surface area contributed by atoms with Gasteiger partial charge in [0, 0.05) is 38.2 Å². The van der Waals surface area contributed by atoms with Crippen LogP contribution in [-0.2, 0) is 35.3 Å². The molecule has 2 aliphatic heterocycles. The molecule has 0 radical (unpaired) electrons. The molecule has 0 bridgehead atoms. The Bertz CT molecular complexity index is 1840. The third-order valence-corrected chi connectivity index (χ3v) is 9.40. The third-order valence-electron chi connectivity index (χ3n) is 8.66. The summed E-state index contributed by atoms with van der Waals surface area (Å²) in [4.78, 5) is 109. The Hall–Kier alpha value is -5.99. The smallest absolute Gasteiger partial charge is 0.316 e. The van der Waals surface area contributed by atoms with E-state index < -0.39 is 115 Å². The van der Waals surface area contributed by atoms with Gasteiger partial charge in [0.1, 0.15) is 36.0 Å². The molecule has 25 nitrogen and oxygen atoms in total. The van der Waals surface area contributed by atoms with Crippen molar-refractivity contribution in [2.75, 3.05) is 26.3 Å². The largest absolute Gasteiger partial charge is 0.394 e. The number of hydrogen-bond acceptors (Lipinski definition) is 15. The lowest BCUT2D eigenvalue weighted by Gasteiger charge is -2.34. The molecule has 27 heteroatoms. The lowest BCUT2D eigenvalue weighted by molar-refractivity contribution is -0.135. The van der Waals surface area contributed by atoms with Crippen molar-refractivity contribution >= 4 is 76.7 Å². The van der Waals surface area contributed by atoms with Gasteiger partial charge >= 0.3 is 12.1 Å². The van der Waals surface area contributed by atoms with Crippen molar-refractivity contribution in [1.29, 1.82) is 0 Å². The number of nitrogens with one attached hydrogen (secondary N) is 10. The van der Waals surface area contributed by atoms with Gasteiger partial charge in [-0.2, -0.15) is 0 Å².